The summed E-state index contributed by atoms with van der Waals surface area (Å²) in [6.45, 7) is 0. The molecule has 8 heteroatoms. The van der Waals surface area contributed by atoms with E-state index in [4.69, 9.17) is 28.6 Å². The summed E-state index contributed by atoms with van der Waals surface area (Å²) in [5.74, 6) is 1.37. The number of H-pyrrole nitrogens is 1. The monoisotopic (exact) mass is 422 g/mol. The number of benzene rings is 2. The largest absolute Gasteiger partial charge is 0.496 e. The molecule has 1 heterocycles. The molecule has 0 aliphatic rings. The van der Waals surface area contributed by atoms with E-state index in [-0.39, 0.29) is 0 Å². The molecule has 3 aromatic rings. The highest BCUT2D eigenvalue weighted by atomic mass is 79.9. The number of rotatable bonds is 4. The van der Waals surface area contributed by atoms with Gasteiger partial charge in [0, 0.05) is 10.6 Å². The summed E-state index contributed by atoms with van der Waals surface area (Å²) < 4.78 is 8.04. The molecule has 1 aromatic heterocycles. The molecule has 0 saturated heterocycles. The maximum Gasteiger partial charge on any atom is 0.216 e. The second kappa shape index (κ2) is 7.29. The number of aromatic amines is 1. The Morgan fingerprint density at radius 2 is 2.04 bits per heavy atom. The summed E-state index contributed by atoms with van der Waals surface area (Å²) in [4.78, 5) is 0. The van der Waals surface area contributed by atoms with Gasteiger partial charge in [0.25, 0.3) is 0 Å². The average molecular weight is 424 g/mol. The molecular weight excluding hydrogens is 412 g/mol. The van der Waals surface area contributed by atoms with Gasteiger partial charge in [-0.2, -0.15) is 14.9 Å². The minimum Gasteiger partial charge on any atom is -0.496 e. The van der Waals surface area contributed by atoms with Crippen LogP contribution < -0.4 is 4.74 Å². The van der Waals surface area contributed by atoms with E-state index in [0.29, 0.717) is 15.6 Å². The molecule has 0 spiro atoms. The fraction of sp³-hybridized carbons (Fsp3) is 0.0625. The zero-order valence-corrected chi connectivity index (χ0v) is 15.7. The first kappa shape index (κ1) is 16.9. The number of nitrogens with zero attached hydrogens (tertiary/aromatic N) is 3. The zero-order valence-electron chi connectivity index (χ0n) is 12.5. The maximum absolute atomic E-state index is 5.92. The Morgan fingerprint density at radius 3 is 2.71 bits per heavy atom. The maximum atomic E-state index is 5.92. The fourth-order valence-corrected chi connectivity index (χ4v) is 2.94. The Kier molecular flexibility index (Phi) is 5.13. The molecule has 0 unspecified atom stereocenters. The number of hydrogen-bond donors (Lipinski definition) is 1. The van der Waals surface area contributed by atoms with Crippen LogP contribution in [0.15, 0.2) is 52.0 Å². The molecule has 0 atom stereocenters. The molecule has 0 bridgehead atoms. The molecule has 0 fully saturated rings. The normalized spacial score (nSPS) is 11.1. The van der Waals surface area contributed by atoms with E-state index < -0.39 is 0 Å². The van der Waals surface area contributed by atoms with Crippen LogP contribution in [0.25, 0.3) is 11.4 Å². The molecule has 5 nitrogen and oxygen atoms in total. The van der Waals surface area contributed by atoms with Crippen molar-refractivity contribution in [1.82, 2.24) is 14.9 Å². The van der Waals surface area contributed by atoms with E-state index >= 15 is 0 Å². The zero-order chi connectivity index (χ0) is 17.1. The van der Waals surface area contributed by atoms with Gasteiger partial charge in [0.15, 0.2) is 5.82 Å². The van der Waals surface area contributed by atoms with Gasteiger partial charge in [-0.1, -0.05) is 11.6 Å². The number of methoxy groups -OCH3 is 1. The second-order valence-electron chi connectivity index (χ2n) is 4.81. The van der Waals surface area contributed by atoms with Gasteiger partial charge in [0.05, 0.1) is 17.8 Å². The van der Waals surface area contributed by atoms with Crippen LogP contribution in [0, 0.1) is 4.77 Å². The minimum absolute atomic E-state index is 0.406. The van der Waals surface area contributed by atoms with Gasteiger partial charge in [-0.15, -0.1) is 0 Å². The standard InChI is InChI=1S/C16H12BrClN4OS/c1-23-14-7-2-10(8-13(14)17)9-19-22-15(20-21-16(22)24)11-3-5-12(18)6-4-11/h2-9H,1H3,(H,21,24)/b19-9+. The first-order valence-corrected chi connectivity index (χ1v) is 8.47. The summed E-state index contributed by atoms with van der Waals surface area (Å²) >= 11 is 14.6. The van der Waals surface area contributed by atoms with Crippen LogP contribution in [0.1, 0.15) is 5.56 Å². The van der Waals surface area contributed by atoms with Crippen molar-refractivity contribution in [1.29, 1.82) is 0 Å². The highest BCUT2D eigenvalue weighted by molar-refractivity contribution is 9.10. The van der Waals surface area contributed by atoms with Gasteiger partial charge >= 0.3 is 0 Å². The fourth-order valence-electron chi connectivity index (χ4n) is 2.07. The van der Waals surface area contributed by atoms with Crippen molar-refractivity contribution in [2.75, 3.05) is 7.11 Å². The second-order valence-corrected chi connectivity index (χ2v) is 6.49. The van der Waals surface area contributed by atoms with Crippen molar-refractivity contribution in [3.8, 4) is 17.1 Å². The summed E-state index contributed by atoms with van der Waals surface area (Å²) in [6.07, 6.45) is 1.70. The van der Waals surface area contributed by atoms with Gasteiger partial charge in [-0.25, -0.2) is 5.10 Å². The molecule has 3 rings (SSSR count). The number of ether oxygens (including phenoxy) is 1. The average Bonchev–Trinajstić information content (AvgIpc) is 2.94. The third kappa shape index (κ3) is 3.58. The van der Waals surface area contributed by atoms with Crippen LogP contribution in [-0.4, -0.2) is 28.2 Å². The summed E-state index contributed by atoms with van der Waals surface area (Å²) in [5, 5.41) is 12.1. The third-order valence-electron chi connectivity index (χ3n) is 3.25. The predicted octanol–water partition coefficient (Wildman–Crippen LogP) is 4.91. The summed E-state index contributed by atoms with van der Waals surface area (Å²) in [6, 6.07) is 13.0. The topological polar surface area (TPSA) is 55.2 Å². The molecule has 0 amide bonds. The van der Waals surface area contributed by atoms with Crippen LogP contribution in [-0.2, 0) is 0 Å². The molecule has 0 radical (unpaired) electrons. The molecule has 122 valence electrons. The number of nitrogens with one attached hydrogen (secondary N) is 1. The Morgan fingerprint density at radius 1 is 1.29 bits per heavy atom. The van der Waals surface area contributed by atoms with Crippen molar-refractivity contribution < 1.29 is 4.74 Å². The minimum atomic E-state index is 0.406. The van der Waals surface area contributed by atoms with E-state index in [0.717, 1.165) is 21.3 Å². The first-order chi connectivity index (χ1) is 11.6. The highest BCUT2D eigenvalue weighted by Crippen LogP contribution is 2.25. The van der Waals surface area contributed by atoms with Crippen molar-refractivity contribution >= 4 is 46.0 Å². The first-order valence-electron chi connectivity index (χ1n) is 6.90. The van der Waals surface area contributed by atoms with Gasteiger partial charge in [0.2, 0.25) is 4.77 Å². The number of aromatic nitrogens is 3. The quantitative estimate of drug-likeness (QED) is 0.479. The van der Waals surface area contributed by atoms with Gasteiger partial charge in [-0.3, -0.25) is 0 Å². The van der Waals surface area contributed by atoms with Crippen molar-refractivity contribution in [2.45, 2.75) is 0 Å². The van der Waals surface area contributed by atoms with Gasteiger partial charge in [-0.05, 0) is 76.2 Å². The lowest BCUT2D eigenvalue weighted by molar-refractivity contribution is 0.412. The Labute approximate surface area is 157 Å². The van der Waals surface area contributed by atoms with Crippen LogP contribution in [0.3, 0.4) is 0 Å². The number of halogens is 2. The summed E-state index contributed by atoms with van der Waals surface area (Å²) in [7, 11) is 1.62. The van der Waals surface area contributed by atoms with E-state index in [1.54, 1.807) is 30.1 Å². The van der Waals surface area contributed by atoms with E-state index in [1.165, 1.54) is 0 Å². The van der Waals surface area contributed by atoms with Crippen molar-refractivity contribution in [3.05, 3.63) is 62.3 Å². The Hall–Kier alpha value is -1.96. The lowest BCUT2D eigenvalue weighted by atomic mass is 10.2. The van der Waals surface area contributed by atoms with Gasteiger partial charge < -0.3 is 4.74 Å². The third-order valence-corrected chi connectivity index (χ3v) is 4.39. The molecule has 0 aliphatic carbocycles. The highest BCUT2D eigenvalue weighted by Gasteiger charge is 2.08. The van der Waals surface area contributed by atoms with Crippen LogP contribution in [0.2, 0.25) is 5.02 Å². The molecular formula is C16H12BrClN4OS. The van der Waals surface area contributed by atoms with Gasteiger partial charge in [0.1, 0.15) is 5.75 Å². The van der Waals surface area contributed by atoms with Crippen molar-refractivity contribution in [3.63, 3.8) is 0 Å². The van der Waals surface area contributed by atoms with Crippen LogP contribution in [0.5, 0.6) is 5.75 Å². The predicted molar refractivity (Wildman–Crippen MR) is 102 cm³/mol. The van der Waals surface area contributed by atoms with E-state index in [9.17, 15) is 0 Å². The molecule has 0 aliphatic heterocycles. The SMILES string of the molecule is COc1ccc(/C=N/n2c(-c3ccc(Cl)cc3)n[nH]c2=S)cc1Br. The smallest absolute Gasteiger partial charge is 0.216 e. The van der Waals surface area contributed by atoms with Crippen molar-refractivity contribution in [2.24, 2.45) is 5.10 Å². The molecule has 2 aromatic carbocycles. The van der Waals surface area contributed by atoms with Crippen LogP contribution in [0.4, 0.5) is 0 Å². The summed E-state index contributed by atoms with van der Waals surface area (Å²) in [5.41, 5.74) is 1.76. The van der Waals surface area contributed by atoms with E-state index in [1.807, 2.05) is 30.3 Å². The number of hydrogen-bond acceptors (Lipinski definition) is 4. The molecule has 0 saturated carbocycles. The van der Waals surface area contributed by atoms with Crippen LogP contribution >= 0.6 is 39.7 Å². The van der Waals surface area contributed by atoms with E-state index in [2.05, 4.69) is 31.2 Å². The lowest BCUT2D eigenvalue weighted by Gasteiger charge is -2.04. The lowest BCUT2D eigenvalue weighted by Crippen LogP contribution is -1.95. The molecule has 1 N–H and O–H groups in total. The Bertz CT molecular complexity index is 949. The Balaban J connectivity index is 1.96. The molecule has 24 heavy (non-hydrogen) atoms.